The highest BCUT2D eigenvalue weighted by Crippen LogP contribution is 2.63. The summed E-state index contributed by atoms with van der Waals surface area (Å²) < 4.78 is 5.85. The molecule has 0 saturated heterocycles. The SMILES string of the molecule is c1ccc2c(c1)OC21c2ccccc21. The van der Waals surface area contributed by atoms with Crippen LogP contribution in [0.1, 0.15) is 16.7 Å². The minimum Gasteiger partial charge on any atom is -0.472 e. The summed E-state index contributed by atoms with van der Waals surface area (Å²) >= 11 is 0. The van der Waals surface area contributed by atoms with Crippen molar-refractivity contribution in [3.63, 3.8) is 0 Å². The van der Waals surface area contributed by atoms with Gasteiger partial charge in [-0.3, -0.25) is 0 Å². The molecule has 2 aromatic rings. The zero-order chi connectivity index (χ0) is 9.17. The van der Waals surface area contributed by atoms with Gasteiger partial charge in [-0.2, -0.15) is 0 Å². The monoisotopic (exact) mass is 180 g/mol. The third-order valence-corrected chi connectivity index (χ3v) is 3.15. The van der Waals surface area contributed by atoms with Gasteiger partial charge < -0.3 is 4.74 Å². The van der Waals surface area contributed by atoms with Crippen LogP contribution in [-0.2, 0) is 5.60 Å². The first-order valence-electron chi connectivity index (χ1n) is 4.81. The summed E-state index contributed by atoms with van der Waals surface area (Å²) in [7, 11) is 0. The van der Waals surface area contributed by atoms with Crippen LogP contribution in [0.15, 0.2) is 48.5 Å². The van der Waals surface area contributed by atoms with E-state index in [0.717, 1.165) is 5.75 Å². The minimum absolute atomic E-state index is 0.139. The van der Waals surface area contributed by atoms with Crippen molar-refractivity contribution in [2.75, 3.05) is 0 Å². The van der Waals surface area contributed by atoms with Crippen LogP contribution in [0.2, 0.25) is 0 Å². The van der Waals surface area contributed by atoms with Crippen LogP contribution in [0.3, 0.4) is 0 Å². The van der Waals surface area contributed by atoms with Crippen molar-refractivity contribution in [3.05, 3.63) is 65.2 Å². The highest BCUT2D eigenvalue weighted by Gasteiger charge is 2.61. The fraction of sp³-hybridized carbons (Fsp3) is 0.0769. The standard InChI is InChI=1S/C13H8O/c1-2-6-10-9(5-1)13(10)11-7-3-4-8-12(11)14-13/h1-8H. The Morgan fingerprint density at radius 1 is 0.714 bits per heavy atom. The number of hydrogen-bond donors (Lipinski definition) is 0. The molecule has 0 radical (unpaired) electrons. The third kappa shape index (κ3) is 0.514. The summed E-state index contributed by atoms with van der Waals surface area (Å²) in [4.78, 5) is 0. The van der Waals surface area contributed by atoms with Gasteiger partial charge in [0.05, 0.1) is 0 Å². The van der Waals surface area contributed by atoms with Gasteiger partial charge in [-0.05, 0) is 6.07 Å². The molecule has 0 N–H and O–H groups in total. The van der Waals surface area contributed by atoms with Crippen molar-refractivity contribution < 1.29 is 4.74 Å². The summed E-state index contributed by atoms with van der Waals surface area (Å²) in [6, 6.07) is 16.7. The number of hydrogen-bond acceptors (Lipinski definition) is 1. The maximum absolute atomic E-state index is 5.85. The number of fused-ring (bicyclic) bond motifs is 5. The molecule has 1 aliphatic carbocycles. The zero-order valence-corrected chi connectivity index (χ0v) is 7.53. The van der Waals surface area contributed by atoms with Crippen molar-refractivity contribution in [2.45, 2.75) is 5.60 Å². The van der Waals surface area contributed by atoms with Crippen LogP contribution in [0, 0.1) is 0 Å². The van der Waals surface area contributed by atoms with Gasteiger partial charge in [-0.1, -0.05) is 42.5 Å². The summed E-state index contributed by atoms with van der Waals surface area (Å²) in [6.45, 7) is 0. The van der Waals surface area contributed by atoms with E-state index < -0.39 is 0 Å². The molecule has 66 valence electrons. The van der Waals surface area contributed by atoms with Gasteiger partial charge in [0.25, 0.3) is 0 Å². The fourth-order valence-electron chi connectivity index (χ4n) is 2.44. The Kier molecular flexibility index (Phi) is 0.880. The molecule has 1 nitrogen and oxygen atoms in total. The summed E-state index contributed by atoms with van der Waals surface area (Å²) in [5.74, 6) is 1.03. The van der Waals surface area contributed by atoms with Crippen molar-refractivity contribution >= 4 is 0 Å². The molecule has 0 amide bonds. The van der Waals surface area contributed by atoms with Gasteiger partial charge in [0.2, 0.25) is 0 Å². The second kappa shape index (κ2) is 1.85. The van der Waals surface area contributed by atoms with E-state index in [-0.39, 0.29) is 5.60 Å². The first kappa shape index (κ1) is 6.66. The minimum atomic E-state index is -0.139. The predicted octanol–water partition coefficient (Wildman–Crippen LogP) is 2.68. The quantitative estimate of drug-likeness (QED) is 0.605. The summed E-state index contributed by atoms with van der Waals surface area (Å²) in [5, 5.41) is 0. The van der Waals surface area contributed by atoms with E-state index in [1.54, 1.807) is 0 Å². The average Bonchev–Trinajstić information content (AvgIpc) is 2.88. The van der Waals surface area contributed by atoms with Gasteiger partial charge in [-0.25, -0.2) is 0 Å². The van der Waals surface area contributed by atoms with Gasteiger partial charge in [-0.15, -0.1) is 0 Å². The van der Waals surface area contributed by atoms with Crippen molar-refractivity contribution in [1.29, 1.82) is 0 Å². The van der Waals surface area contributed by atoms with Gasteiger partial charge in [0, 0.05) is 16.7 Å². The van der Waals surface area contributed by atoms with E-state index in [4.69, 9.17) is 4.74 Å². The van der Waals surface area contributed by atoms with Crippen molar-refractivity contribution in [3.8, 4) is 5.75 Å². The molecule has 0 aromatic heterocycles. The molecule has 0 atom stereocenters. The molecule has 1 heteroatoms. The Hall–Kier alpha value is -1.76. The number of benzene rings is 2. The van der Waals surface area contributed by atoms with Crippen molar-refractivity contribution in [2.24, 2.45) is 0 Å². The molecule has 0 fully saturated rings. The summed E-state index contributed by atoms with van der Waals surface area (Å²) in [5.41, 5.74) is 3.85. The fourth-order valence-corrected chi connectivity index (χ4v) is 2.44. The lowest BCUT2D eigenvalue weighted by atomic mass is 9.97. The van der Waals surface area contributed by atoms with E-state index >= 15 is 0 Å². The highest BCUT2D eigenvalue weighted by molar-refractivity contribution is 5.72. The molecule has 14 heavy (non-hydrogen) atoms. The number of ether oxygens (including phenoxy) is 1. The average molecular weight is 180 g/mol. The molecule has 1 spiro atoms. The predicted molar refractivity (Wildman–Crippen MR) is 53.4 cm³/mol. The molecule has 2 aromatic carbocycles. The van der Waals surface area contributed by atoms with Crippen LogP contribution >= 0.6 is 0 Å². The lowest BCUT2D eigenvalue weighted by Crippen LogP contribution is -2.29. The van der Waals surface area contributed by atoms with Gasteiger partial charge in [0.1, 0.15) is 5.75 Å². The molecule has 2 aliphatic rings. The Balaban J connectivity index is 1.96. The Bertz CT molecular complexity index is 519. The van der Waals surface area contributed by atoms with E-state index in [1.165, 1.54) is 16.7 Å². The normalized spacial score (nSPS) is 17.7. The highest BCUT2D eigenvalue weighted by atomic mass is 16.5. The van der Waals surface area contributed by atoms with Crippen LogP contribution in [0.5, 0.6) is 5.75 Å². The Morgan fingerprint density at radius 2 is 1.29 bits per heavy atom. The number of para-hydroxylation sites is 1. The van der Waals surface area contributed by atoms with Gasteiger partial charge in [0.15, 0.2) is 5.60 Å². The largest absolute Gasteiger partial charge is 0.472 e. The molecule has 4 rings (SSSR count). The first-order valence-corrected chi connectivity index (χ1v) is 4.81. The van der Waals surface area contributed by atoms with Crippen LogP contribution in [0.4, 0.5) is 0 Å². The smallest absolute Gasteiger partial charge is 0.189 e. The van der Waals surface area contributed by atoms with E-state index in [0.29, 0.717) is 0 Å². The lowest BCUT2D eigenvalue weighted by molar-refractivity contribution is 0.144. The Morgan fingerprint density at radius 3 is 1.93 bits per heavy atom. The lowest BCUT2D eigenvalue weighted by Gasteiger charge is -2.31. The molecule has 1 heterocycles. The topological polar surface area (TPSA) is 9.23 Å². The second-order valence-electron chi connectivity index (χ2n) is 3.82. The van der Waals surface area contributed by atoms with Crippen LogP contribution < -0.4 is 4.74 Å². The van der Waals surface area contributed by atoms with Crippen molar-refractivity contribution in [1.82, 2.24) is 0 Å². The van der Waals surface area contributed by atoms with E-state index in [9.17, 15) is 0 Å². The maximum Gasteiger partial charge on any atom is 0.189 e. The van der Waals surface area contributed by atoms with Crippen LogP contribution in [-0.4, -0.2) is 0 Å². The Labute approximate surface area is 82.0 Å². The second-order valence-corrected chi connectivity index (χ2v) is 3.82. The molecule has 1 aliphatic heterocycles. The first-order chi connectivity index (χ1) is 6.93. The summed E-state index contributed by atoms with van der Waals surface area (Å²) in [6.07, 6.45) is 0. The third-order valence-electron chi connectivity index (χ3n) is 3.15. The molecule has 0 bridgehead atoms. The van der Waals surface area contributed by atoms with Crippen LogP contribution in [0.25, 0.3) is 0 Å². The molecular formula is C13H8O. The number of rotatable bonds is 0. The zero-order valence-electron chi connectivity index (χ0n) is 7.53. The molecule has 0 saturated carbocycles. The molecule has 0 unspecified atom stereocenters. The van der Waals surface area contributed by atoms with E-state index in [2.05, 4.69) is 36.4 Å². The maximum atomic E-state index is 5.85. The van der Waals surface area contributed by atoms with Gasteiger partial charge >= 0.3 is 0 Å². The molecular weight excluding hydrogens is 172 g/mol. The van der Waals surface area contributed by atoms with E-state index in [1.807, 2.05) is 12.1 Å².